The first kappa shape index (κ1) is 18.1. The number of anilines is 1. The van der Waals surface area contributed by atoms with E-state index < -0.39 is 23.7 Å². The second-order valence-electron chi connectivity index (χ2n) is 5.08. The van der Waals surface area contributed by atoms with Crippen LogP contribution in [0.15, 0.2) is 53.0 Å². The fraction of sp³-hybridized carbons (Fsp3) is 0.176. The van der Waals surface area contributed by atoms with Gasteiger partial charge in [0, 0.05) is 5.69 Å². The fourth-order valence-corrected chi connectivity index (χ4v) is 2.12. The second-order valence-corrected chi connectivity index (χ2v) is 5.93. The number of ether oxygens (including phenoxy) is 1. The van der Waals surface area contributed by atoms with Gasteiger partial charge in [-0.05, 0) is 39.7 Å². The minimum atomic E-state index is -1.08. The molecule has 5 nitrogen and oxygen atoms in total. The van der Waals surface area contributed by atoms with Gasteiger partial charge in [-0.1, -0.05) is 30.3 Å². The van der Waals surface area contributed by atoms with Gasteiger partial charge in [-0.15, -0.1) is 0 Å². The van der Waals surface area contributed by atoms with E-state index in [1.807, 2.05) is 30.3 Å². The first-order valence-electron chi connectivity index (χ1n) is 7.17. The highest BCUT2D eigenvalue weighted by Gasteiger charge is 2.19. The van der Waals surface area contributed by atoms with Gasteiger partial charge < -0.3 is 15.8 Å². The Bertz CT molecular complexity index is 725. The molecule has 0 aliphatic carbocycles. The molecule has 0 saturated heterocycles. The number of amides is 1. The number of hydrogen-bond donors (Lipinski definition) is 2. The molecule has 0 aromatic heterocycles. The molecule has 0 radical (unpaired) electrons. The highest BCUT2D eigenvalue weighted by Crippen LogP contribution is 2.19. The molecule has 24 heavy (non-hydrogen) atoms. The van der Waals surface area contributed by atoms with Gasteiger partial charge in [-0.25, -0.2) is 4.39 Å². The Balaban J connectivity index is 1.82. The topological polar surface area (TPSA) is 81.4 Å². The largest absolute Gasteiger partial charge is 0.461 e. The van der Waals surface area contributed by atoms with Crippen LogP contribution < -0.4 is 11.1 Å². The lowest BCUT2D eigenvalue weighted by molar-refractivity contribution is -0.146. The van der Waals surface area contributed by atoms with E-state index in [-0.39, 0.29) is 23.2 Å². The lowest BCUT2D eigenvalue weighted by Gasteiger charge is -2.12. The van der Waals surface area contributed by atoms with E-state index in [4.69, 9.17) is 10.5 Å². The molecule has 2 aromatic rings. The molecule has 1 amide bonds. The predicted molar refractivity (Wildman–Crippen MR) is 91.6 cm³/mol. The van der Waals surface area contributed by atoms with Crippen molar-refractivity contribution in [2.75, 3.05) is 5.32 Å². The average molecular weight is 395 g/mol. The molecule has 126 valence electrons. The van der Waals surface area contributed by atoms with Crippen molar-refractivity contribution in [1.29, 1.82) is 0 Å². The van der Waals surface area contributed by atoms with Crippen molar-refractivity contribution in [3.63, 3.8) is 0 Å². The van der Waals surface area contributed by atoms with Crippen LogP contribution in [0.1, 0.15) is 12.0 Å². The molecule has 0 aliphatic rings. The number of esters is 1. The monoisotopic (exact) mass is 394 g/mol. The van der Waals surface area contributed by atoms with Crippen LogP contribution in [-0.2, 0) is 20.9 Å². The third kappa shape index (κ3) is 5.43. The summed E-state index contributed by atoms with van der Waals surface area (Å²) in [5.74, 6) is -1.68. The highest BCUT2D eigenvalue weighted by atomic mass is 79.9. The van der Waals surface area contributed by atoms with E-state index >= 15 is 0 Å². The summed E-state index contributed by atoms with van der Waals surface area (Å²) in [5, 5.41) is 2.46. The zero-order valence-corrected chi connectivity index (χ0v) is 14.3. The lowest BCUT2D eigenvalue weighted by Crippen LogP contribution is -2.37. The Kier molecular flexibility index (Phi) is 6.45. The van der Waals surface area contributed by atoms with E-state index in [1.54, 1.807) is 0 Å². The summed E-state index contributed by atoms with van der Waals surface area (Å²) in [4.78, 5) is 23.7. The smallest absolute Gasteiger partial charge is 0.308 e. The Labute approximate surface area is 147 Å². The number of nitrogens with two attached hydrogens (primary N) is 1. The number of carbonyl (C=O) groups is 2. The Morgan fingerprint density at radius 1 is 1.21 bits per heavy atom. The molecule has 0 heterocycles. The van der Waals surface area contributed by atoms with Gasteiger partial charge in [0.05, 0.1) is 16.9 Å². The van der Waals surface area contributed by atoms with Gasteiger partial charge >= 0.3 is 5.97 Å². The summed E-state index contributed by atoms with van der Waals surface area (Å²) < 4.78 is 18.8. The van der Waals surface area contributed by atoms with Crippen LogP contribution in [0, 0.1) is 5.82 Å². The van der Waals surface area contributed by atoms with Gasteiger partial charge in [0.15, 0.2) is 0 Å². The van der Waals surface area contributed by atoms with E-state index in [0.717, 1.165) is 11.6 Å². The molecule has 0 aliphatic heterocycles. The van der Waals surface area contributed by atoms with Crippen LogP contribution in [0.2, 0.25) is 0 Å². The summed E-state index contributed by atoms with van der Waals surface area (Å²) in [7, 11) is 0. The Morgan fingerprint density at radius 2 is 1.92 bits per heavy atom. The molecular weight excluding hydrogens is 379 g/mol. The molecule has 0 unspecified atom stereocenters. The van der Waals surface area contributed by atoms with Gasteiger partial charge in [0.1, 0.15) is 12.4 Å². The molecule has 0 saturated carbocycles. The first-order chi connectivity index (χ1) is 11.5. The van der Waals surface area contributed by atoms with Gasteiger partial charge in [0.2, 0.25) is 5.91 Å². The van der Waals surface area contributed by atoms with Crippen molar-refractivity contribution in [3.05, 3.63) is 64.4 Å². The molecular formula is C17H16BrFN2O3. The number of rotatable bonds is 6. The predicted octanol–water partition coefficient (Wildman–Crippen LogP) is 2.99. The van der Waals surface area contributed by atoms with Crippen molar-refractivity contribution in [2.45, 2.75) is 19.1 Å². The van der Waals surface area contributed by atoms with E-state index in [2.05, 4.69) is 21.2 Å². The molecule has 0 fully saturated rings. The van der Waals surface area contributed by atoms with Crippen molar-refractivity contribution < 1.29 is 18.7 Å². The Hall–Kier alpha value is -2.25. The average Bonchev–Trinajstić information content (AvgIpc) is 2.57. The molecule has 7 heteroatoms. The van der Waals surface area contributed by atoms with Crippen LogP contribution in [0.25, 0.3) is 0 Å². The zero-order chi connectivity index (χ0) is 17.5. The van der Waals surface area contributed by atoms with Crippen molar-refractivity contribution in [2.24, 2.45) is 5.73 Å². The van der Waals surface area contributed by atoms with Gasteiger partial charge in [-0.3, -0.25) is 9.59 Å². The van der Waals surface area contributed by atoms with E-state index in [9.17, 15) is 14.0 Å². The number of benzene rings is 2. The summed E-state index contributed by atoms with van der Waals surface area (Å²) in [6.45, 7) is 0.117. The maximum absolute atomic E-state index is 13.4. The molecule has 2 aromatic carbocycles. The normalized spacial score (nSPS) is 11.6. The van der Waals surface area contributed by atoms with Gasteiger partial charge in [-0.2, -0.15) is 0 Å². The standard InChI is InChI=1S/C17H16BrFN2O3/c18-13-7-6-12(8-14(13)19)21-17(23)15(20)9-16(22)24-10-11-4-2-1-3-5-11/h1-8,15H,9-10,20H2,(H,21,23)/t15-/m0/s1. The van der Waals surface area contributed by atoms with Crippen LogP contribution in [-0.4, -0.2) is 17.9 Å². The van der Waals surface area contributed by atoms with Crippen LogP contribution in [0.5, 0.6) is 0 Å². The number of carbonyl (C=O) groups excluding carboxylic acids is 2. The molecule has 0 spiro atoms. The van der Waals surface area contributed by atoms with Crippen molar-refractivity contribution in [3.8, 4) is 0 Å². The number of hydrogen-bond acceptors (Lipinski definition) is 4. The van der Waals surface area contributed by atoms with Crippen LogP contribution in [0.3, 0.4) is 0 Å². The van der Waals surface area contributed by atoms with E-state index in [0.29, 0.717) is 0 Å². The SMILES string of the molecule is N[C@@H](CC(=O)OCc1ccccc1)C(=O)Nc1ccc(Br)c(F)c1. The minimum absolute atomic E-state index is 0.117. The zero-order valence-electron chi connectivity index (χ0n) is 12.7. The maximum Gasteiger partial charge on any atom is 0.308 e. The van der Waals surface area contributed by atoms with Crippen LogP contribution in [0.4, 0.5) is 10.1 Å². The lowest BCUT2D eigenvalue weighted by atomic mass is 10.2. The number of halogens is 2. The molecule has 1 atom stereocenters. The second kappa shape index (κ2) is 8.56. The van der Waals surface area contributed by atoms with Gasteiger partial charge in [0.25, 0.3) is 0 Å². The molecule has 3 N–H and O–H groups in total. The third-order valence-corrected chi connectivity index (χ3v) is 3.80. The van der Waals surface area contributed by atoms with Crippen molar-refractivity contribution >= 4 is 33.5 Å². The highest BCUT2D eigenvalue weighted by molar-refractivity contribution is 9.10. The quantitative estimate of drug-likeness (QED) is 0.737. The Morgan fingerprint density at radius 3 is 2.58 bits per heavy atom. The maximum atomic E-state index is 13.4. The number of nitrogens with one attached hydrogen (secondary N) is 1. The summed E-state index contributed by atoms with van der Waals surface area (Å²) in [5.41, 5.74) is 6.79. The molecule has 0 bridgehead atoms. The summed E-state index contributed by atoms with van der Waals surface area (Å²) in [6, 6.07) is 12.2. The minimum Gasteiger partial charge on any atom is -0.461 e. The summed E-state index contributed by atoms with van der Waals surface area (Å²) in [6.07, 6.45) is -0.266. The summed E-state index contributed by atoms with van der Waals surface area (Å²) >= 11 is 3.02. The van der Waals surface area contributed by atoms with Crippen molar-refractivity contribution in [1.82, 2.24) is 0 Å². The first-order valence-corrected chi connectivity index (χ1v) is 7.96. The molecule has 2 rings (SSSR count). The third-order valence-electron chi connectivity index (χ3n) is 3.15. The fourth-order valence-electron chi connectivity index (χ4n) is 1.88. The van der Waals surface area contributed by atoms with Crippen LogP contribution >= 0.6 is 15.9 Å². The van der Waals surface area contributed by atoms with E-state index in [1.165, 1.54) is 12.1 Å².